The first-order chi connectivity index (χ1) is 9.66. The van der Waals surface area contributed by atoms with E-state index in [-0.39, 0.29) is 11.7 Å². The summed E-state index contributed by atoms with van der Waals surface area (Å²) in [6.45, 7) is 3.21. The Hall–Kier alpha value is -1.58. The van der Waals surface area contributed by atoms with Gasteiger partial charge in [0.05, 0.1) is 11.3 Å². The van der Waals surface area contributed by atoms with E-state index in [1.807, 2.05) is 6.92 Å². The van der Waals surface area contributed by atoms with E-state index in [2.05, 4.69) is 10.6 Å². The number of hydrogen-bond donors (Lipinski definition) is 2. The van der Waals surface area contributed by atoms with Crippen molar-refractivity contribution in [1.29, 1.82) is 0 Å². The molecule has 0 aromatic heterocycles. The molecular weight excluding hydrogens is 255 g/mol. The predicted molar refractivity (Wildman–Crippen MR) is 77.3 cm³/mol. The van der Waals surface area contributed by atoms with Crippen molar-refractivity contribution in [3.8, 4) is 0 Å². The summed E-state index contributed by atoms with van der Waals surface area (Å²) in [5, 5.41) is 5.94. The van der Waals surface area contributed by atoms with Crippen molar-refractivity contribution in [3.05, 3.63) is 29.6 Å². The van der Waals surface area contributed by atoms with E-state index in [1.165, 1.54) is 31.7 Å². The van der Waals surface area contributed by atoms with Gasteiger partial charge in [0.2, 0.25) is 0 Å². The molecule has 0 saturated heterocycles. The summed E-state index contributed by atoms with van der Waals surface area (Å²) < 4.78 is 13.8. The zero-order valence-electron chi connectivity index (χ0n) is 11.8. The number of halogens is 1. The predicted octanol–water partition coefficient (Wildman–Crippen LogP) is 3.18. The van der Waals surface area contributed by atoms with Gasteiger partial charge in [-0.2, -0.15) is 0 Å². The van der Waals surface area contributed by atoms with Crippen molar-refractivity contribution in [1.82, 2.24) is 5.32 Å². The summed E-state index contributed by atoms with van der Waals surface area (Å²) in [7, 11) is 0. The first-order valence-corrected chi connectivity index (χ1v) is 7.47. The van der Waals surface area contributed by atoms with Crippen molar-refractivity contribution >= 4 is 11.6 Å². The lowest BCUT2D eigenvalue weighted by molar-refractivity contribution is 0.0943. The first kappa shape index (κ1) is 13.4. The minimum Gasteiger partial charge on any atom is -0.382 e. The molecule has 0 bridgehead atoms. The van der Waals surface area contributed by atoms with Crippen molar-refractivity contribution < 1.29 is 9.18 Å². The summed E-state index contributed by atoms with van der Waals surface area (Å²) in [5.74, 6) is 0.263. The monoisotopic (exact) mass is 276 g/mol. The Labute approximate surface area is 118 Å². The highest BCUT2D eigenvalue weighted by atomic mass is 19.1. The molecule has 1 aromatic rings. The highest BCUT2D eigenvalue weighted by Gasteiger charge is 2.53. The summed E-state index contributed by atoms with van der Waals surface area (Å²) >= 11 is 0. The molecule has 108 valence electrons. The van der Waals surface area contributed by atoms with Gasteiger partial charge in [0.15, 0.2) is 0 Å². The van der Waals surface area contributed by atoms with Crippen LogP contribution in [0.5, 0.6) is 0 Å². The van der Waals surface area contributed by atoms with Crippen LogP contribution < -0.4 is 10.6 Å². The zero-order chi connectivity index (χ0) is 14.2. The van der Waals surface area contributed by atoms with Crippen LogP contribution in [-0.2, 0) is 0 Å². The minimum absolute atomic E-state index is 0.174. The fourth-order valence-electron chi connectivity index (χ4n) is 3.01. The third kappa shape index (κ3) is 2.51. The summed E-state index contributed by atoms with van der Waals surface area (Å²) in [4.78, 5) is 12.3. The summed E-state index contributed by atoms with van der Waals surface area (Å²) in [6, 6.07) is 4.63. The molecule has 0 radical (unpaired) electrons. The first-order valence-electron chi connectivity index (χ1n) is 7.47. The van der Waals surface area contributed by atoms with Gasteiger partial charge in [0, 0.05) is 13.1 Å². The fourth-order valence-corrected chi connectivity index (χ4v) is 3.01. The molecule has 2 saturated carbocycles. The number of hydrogen-bond acceptors (Lipinski definition) is 2. The molecule has 20 heavy (non-hydrogen) atoms. The smallest absolute Gasteiger partial charge is 0.253 e. The molecule has 0 aliphatic heterocycles. The molecule has 1 amide bonds. The van der Waals surface area contributed by atoms with Crippen molar-refractivity contribution in [2.75, 3.05) is 18.4 Å². The van der Waals surface area contributed by atoms with E-state index in [1.54, 1.807) is 12.1 Å². The van der Waals surface area contributed by atoms with Gasteiger partial charge >= 0.3 is 0 Å². The van der Waals surface area contributed by atoms with E-state index in [0.717, 1.165) is 12.5 Å². The number of rotatable bonds is 6. The Morgan fingerprint density at radius 2 is 2.15 bits per heavy atom. The SMILES string of the molecule is CCNc1c(F)cccc1C(=O)NCC1(C2CC2)CC1. The fraction of sp³-hybridized carbons (Fsp3) is 0.562. The van der Waals surface area contributed by atoms with Crippen molar-refractivity contribution in [2.24, 2.45) is 11.3 Å². The number of carbonyl (C=O) groups is 1. The van der Waals surface area contributed by atoms with Gasteiger partial charge in [-0.1, -0.05) is 6.07 Å². The number of anilines is 1. The highest BCUT2D eigenvalue weighted by molar-refractivity contribution is 5.99. The number of amides is 1. The van der Waals surface area contributed by atoms with Crippen LogP contribution in [0.1, 0.15) is 43.0 Å². The van der Waals surface area contributed by atoms with Crippen LogP contribution in [0.2, 0.25) is 0 Å². The molecule has 2 fully saturated rings. The maximum absolute atomic E-state index is 13.8. The average molecular weight is 276 g/mol. The molecule has 0 spiro atoms. The molecule has 0 heterocycles. The number of carbonyl (C=O) groups excluding carboxylic acids is 1. The van der Waals surface area contributed by atoms with Crippen molar-refractivity contribution in [2.45, 2.75) is 32.6 Å². The second-order valence-corrected chi connectivity index (χ2v) is 6.01. The van der Waals surface area contributed by atoms with E-state index in [0.29, 0.717) is 23.2 Å². The molecule has 1 aromatic carbocycles. The maximum Gasteiger partial charge on any atom is 0.253 e. The molecule has 0 unspecified atom stereocenters. The second kappa shape index (κ2) is 5.08. The van der Waals surface area contributed by atoms with Crippen LogP contribution in [-0.4, -0.2) is 19.0 Å². The number of nitrogens with one attached hydrogen (secondary N) is 2. The lowest BCUT2D eigenvalue weighted by atomic mass is 10.0. The Balaban J connectivity index is 1.69. The van der Waals surface area contributed by atoms with Crippen LogP contribution in [0, 0.1) is 17.2 Å². The molecule has 3 rings (SSSR count). The lowest BCUT2D eigenvalue weighted by Crippen LogP contribution is -2.31. The topological polar surface area (TPSA) is 41.1 Å². The molecule has 2 aliphatic rings. The van der Waals surface area contributed by atoms with Crippen LogP contribution in [0.3, 0.4) is 0 Å². The van der Waals surface area contributed by atoms with Gasteiger partial charge in [-0.05, 0) is 56.1 Å². The van der Waals surface area contributed by atoms with E-state index in [4.69, 9.17) is 0 Å². The Kier molecular flexibility index (Phi) is 3.40. The molecule has 2 aliphatic carbocycles. The second-order valence-electron chi connectivity index (χ2n) is 6.01. The Morgan fingerprint density at radius 1 is 1.40 bits per heavy atom. The minimum atomic E-state index is -0.372. The number of benzene rings is 1. The van der Waals surface area contributed by atoms with Crippen LogP contribution in [0.25, 0.3) is 0 Å². The average Bonchev–Trinajstić information content (AvgIpc) is 3.30. The van der Waals surface area contributed by atoms with Gasteiger partial charge in [-0.25, -0.2) is 4.39 Å². The molecule has 3 nitrogen and oxygen atoms in total. The molecule has 4 heteroatoms. The highest BCUT2D eigenvalue weighted by Crippen LogP contribution is 2.60. The largest absolute Gasteiger partial charge is 0.382 e. The molecule has 0 atom stereocenters. The van der Waals surface area contributed by atoms with Gasteiger partial charge in [-0.15, -0.1) is 0 Å². The third-order valence-corrected chi connectivity index (χ3v) is 4.55. The lowest BCUT2D eigenvalue weighted by Gasteiger charge is -2.16. The van der Waals surface area contributed by atoms with E-state index >= 15 is 0 Å². The van der Waals surface area contributed by atoms with Gasteiger partial charge in [0.1, 0.15) is 5.82 Å². The maximum atomic E-state index is 13.8. The van der Waals surface area contributed by atoms with Crippen LogP contribution >= 0.6 is 0 Å². The third-order valence-electron chi connectivity index (χ3n) is 4.55. The normalized spacial score (nSPS) is 19.5. The van der Waals surface area contributed by atoms with Crippen LogP contribution in [0.15, 0.2) is 18.2 Å². The molecule has 2 N–H and O–H groups in total. The van der Waals surface area contributed by atoms with Gasteiger partial charge in [0.25, 0.3) is 5.91 Å². The summed E-state index contributed by atoms with van der Waals surface area (Å²) in [6.07, 6.45) is 5.05. The van der Waals surface area contributed by atoms with E-state index in [9.17, 15) is 9.18 Å². The standard InChI is InChI=1S/C16H21FN2O/c1-2-18-14-12(4-3-5-13(14)17)15(20)19-10-16(8-9-16)11-6-7-11/h3-5,11,18H,2,6-10H2,1H3,(H,19,20). The van der Waals surface area contributed by atoms with E-state index < -0.39 is 0 Å². The zero-order valence-corrected chi connectivity index (χ0v) is 11.8. The Morgan fingerprint density at radius 3 is 2.75 bits per heavy atom. The summed E-state index contributed by atoms with van der Waals surface area (Å²) in [5.41, 5.74) is 1.07. The number of para-hydroxylation sites is 1. The quantitative estimate of drug-likeness (QED) is 0.838. The Bertz CT molecular complexity index is 521. The van der Waals surface area contributed by atoms with Gasteiger partial charge < -0.3 is 10.6 Å². The van der Waals surface area contributed by atoms with Crippen molar-refractivity contribution in [3.63, 3.8) is 0 Å². The van der Waals surface area contributed by atoms with Gasteiger partial charge in [-0.3, -0.25) is 4.79 Å². The molecular formula is C16H21FN2O. The van der Waals surface area contributed by atoms with Crippen LogP contribution in [0.4, 0.5) is 10.1 Å².